The Kier molecular flexibility index (Phi) is 3.94. The normalized spacial score (nSPS) is 9.79. The van der Waals surface area contributed by atoms with E-state index in [4.69, 9.17) is 16.2 Å². The van der Waals surface area contributed by atoms with Crippen LogP contribution in [0.25, 0.3) is 0 Å². The fraction of sp³-hybridized carbons (Fsp3) is 0.300. The number of carbonyl (C=O) groups excluding carboxylic acids is 1. The van der Waals surface area contributed by atoms with Crippen molar-refractivity contribution in [3.05, 3.63) is 29.8 Å². The molecule has 4 heteroatoms. The van der Waals surface area contributed by atoms with Gasteiger partial charge < -0.3 is 16.2 Å². The molecule has 0 saturated heterocycles. The van der Waals surface area contributed by atoms with Gasteiger partial charge in [0.2, 0.25) is 0 Å². The Balaban J connectivity index is 2.48. The van der Waals surface area contributed by atoms with E-state index >= 15 is 0 Å². The quantitative estimate of drug-likeness (QED) is 0.421. The number of hydrogen-bond acceptors (Lipinski definition) is 4. The lowest BCUT2D eigenvalue weighted by atomic mass is 10.2. The van der Waals surface area contributed by atoms with E-state index in [0.29, 0.717) is 30.8 Å². The molecule has 4 N–H and O–H groups in total. The molecule has 0 spiro atoms. The van der Waals surface area contributed by atoms with E-state index in [1.54, 1.807) is 24.3 Å². The molecule has 0 aliphatic rings. The zero-order valence-corrected chi connectivity index (χ0v) is 7.90. The van der Waals surface area contributed by atoms with Crippen LogP contribution >= 0.6 is 0 Å². The second kappa shape index (κ2) is 5.24. The van der Waals surface area contributed by atoms with Crippen LogP contribution in [0.3, 0.4) is 0 Å². The minimum absolute atomic E-state index is 0.335. The van der Waals surface area contributed by atoms with Gasteiger partial charge in [-0.05, 0) is 37.2 Å². The molecule has 0 amide bonds. The molecule has 0 aliphatic heterocycles. The molecule has 0 unspecified atom stereocenters. The van der Waals surface area contributed by atoms with Crippen molar-refractivity contribution in [2.75, 3.05) is 18.9 Å². The minimum atomic E-state index is -0.335. The van der Waals surface area contributed by atoms with Crippen molar-refractivity contribution >= 4 is 11.7 Å². The lowest BCUT2D eigenvalue weighted by Crippen LogP contribution is -2.10. The average molecular weight is 194 g/mol. The number of esters is 1. The van der Waals surface area contributed by atoms with Gasteiger partial charge >= 0.3 is 5.97 Å². The highest BCUT2D eigenvalue weighted by Gasteiger charge is 2.05. The van der Waals surface area contributed by atoms with E-state index in [1.165, 1.54) is 0 Å². The molecule has 1 aromatic carbocycles. The highest BCUT2D eigenvalue weighted by Crippen LogP contribution is 2.06. The summed E-state index contributed by atoms with van der Waals surface area (Å²) in [4.78, 5) is 11.3. The summed E-state index contributed by atoms with van der Waals surface area (Å²) >= 11 is 0. The van der Waals surface area contributed by atoms with Crippen molar-refractivity contribution in [1.82, 2.24) is 0 Å². The van der Waals surface area contributed by atoms with Crippen molar-refractivity contribution in [1.29, 1.82) is 0 Å². The molecule has 0 aliphatic carbocycles. The molecule has 0 heterocycles. The number of nitrogens with two attached hydrogens (primary N) is 2. The predicted octanol–water partition coefficient (Wildman–Crippen LogP) is 0.774. The van der Waals surface area contributed by atoms with E-state index in [0.717, 1.165) is 0 Å². The zero-order chi connectivity index (χ0) is 10.4. The Hall–Kier alpha value is -1.55. The number of rotatable bonds is 4. The summed E-state index contributed by atoms with van der Waals surface area (Å²) in [6, 6.07) is 6.61. The van der Waals surface area contributed by atoms with Crippen molar-refractivity contribution in [3.63, 3.8) is 0 Å². The summed E-state index contributed by atoms with van der Waals surface area (Å²) in [5, 5.41) is 0. The van der Waals surface area contributed by atoms with E-state index in [1.807, 2.05) is 0 Å². The molecule has 0 aromatic heterocycles. The molecular formula is C10H14N2O2. The van der Waals surface area contributed by atoms with Crippen molar-refractivity contribution < 1.29 is 9.53 Å². The van der Waals surface area contributed by atoms with Gasteiger partial charge in [0.1, 0.15) is 0 Å². The van der Waals surface area contributed by atoms with Crippen LogP contribution in [-0.4, -0.2) is 19.1 Å². The van der Waals surface area contributed by atoms with Crippen LogP contribution in [0.5, 0.6) is 0 Å². The molecule has 0 bridgehead atoms. The van der Waals surface area contributed by atoms with Gasteiger partial charge in [0.15, 0.2) is 0 Å². The largest absolute Gasteiger partial charge is 0.462 e. The Morgan fingerprint density at radius 1 is 1.29 bits per heavy atom. The molecule has 0 saturated carbocycles. The Labute approximate surface area is 82.8 Å². The fourth-order valence-corrected chi connectivity index (χ4v) is 0.951. The van der Waals surface area contributed by atoms with Crippen molar-refractivity contribution in [2.45, 2.75) is 6.42 Å². The maximum atomic E-state index is 11.3. The fourth-order valence-electron chi connectivity index (χ4n) is 0.951. The molecular weight excluding hydrogens is 180 g/mol. The summed E-state index contributed by atoms with van der Waals surface area (Å²) in [5.41, 5.74) is 11.9. The molecule has 4 nitrogen and oxygen atoms in total. The van der Waals surface area contributed by atoms with Gasteiger partial charge in [0.05, 0.1) is 12.2 Å². The van der Waals surface area contributed by atoms with E-state index < -0.39 is 0 Å². The molecule has 0 atom stereocenters. The number of carbonyl (C=O) groups is 1. The number of anilines is 1. The smallest absolute Gasteiger partial charge is 0.338 e. The monoisotopic (exact) mass is 194 g/mol. The van der Waals surface area contributed by atoms with E-state index in [9.17, 15) is 4.79 Å². The topological polar surface area (TPSA) is 78.3 Å². The van der Waals surface area contributed by atoms with Crippen LogP contribution in [0, 0.1) is 0 Å². The number of hydrogen-bond donors (Lipinski definition) is 2. The standard InChI is InChI=1S/C10H14N2O2/c11-6-1-7-14-10(13)8-2-4-9(12)5-3-8/h2-5H,1,6-7,11-12H2. The molecule has 76 valence electrons. The van der Waals surface area contributed by atoms with Gasteiger partial charge in [-0.25, -0.2) is 4.79 Å². The second-order valence-corrected chi connectivity index (χ2v) is 2.90. The first-order valence-electron chi connectivity index (χ1n) is 4.47. The van der Waals surface area contributed by atoms with Crippen LogP contribution < -0.4 is 11.5 Å². The SMILES string of the molecule is NCCCOC(=O)c1ccc(N)cc1. The third kappa shape index (κ3) is 3.06. The number of nitrogen functional groups attached to an aromatic ring is 1. The highest BCUT2D eigenvalue weighted by atomic mass is 16.5. The lowest BCUT2D eigenvalue weighted by molar-refractivity contribution is 0.0503. The summed E-state index contributed by atoms with van der Waals surface area (Å²) in [5.74, 6) is -0.335. The van der Waals surface area contributed by atoms with Gasteiger partial charge in [0.25, 0.3) is 0 Å². The van der Waals surface area contributed by atoms with Gasteiger partial charge in [0, 0.05) is 5.69 Å². The van der Waals surface area contributed by atoms with Crippen molar-refractivity contribution in [3.8, 4) is 0 Å². The third-order valence-electron chi connectivity index (χ3n) is 1.73. The number of ether oxygens (including phenoxy) is 1. The van der Waals surface area contributed by atoms with E-state index in [2.05, 4.69) is 0 Å². The van der Waals surface area contributed by atoms with Gasteiger partial charge in [-0.15, -0.1) is 0 Å². The first-order chi connectivity index (χ1) is 6.74. The van der Waals surface area contributed by atoms with Gasteiger partial charge in [-0.2, -0.15) is 0 Å². The molecule has 1 aromatic rings. The summed E-state index contributed by atoms with van der Waals surface area (Å²) < 4.78 is 4.95. The summed E-state index contributed by atoms with van der Waals surface area (Å²) in [6.07, 6.45) is 0.681. The van der Waals surface area contributed by atoms with Crippen LogP contribution in [0.4, 0.5) is 5.69 Å². The number of benzene rings is 1. The average Bonchev–Trinajstić information content (AvgIpc) is 2.19. The molecule has 14 heavy (non-hydrogen) atoms. The maximum absolute atomic E-state index is 11.3. The third-order valence-corrected chi connectivity index (χ3v) is 1.73. The van der Waals surface area contributed by atoms with Crippen LogP contribution in [0.15, 0.2) is 24.3 Å². The lowest BCUT2D eigenvalue weighted by Gasteiger charge is -2.03. The van der Waals surface area contributed by atoms with Gasteiger partial charge in [-0.1, -0.05) is 0 Å². The molecule has 0 fully saturated rings. The first kappa shape index (κ1) is 10.5. The molecule has 1 rings (SSSR count). The first-order valence-corrected chi connectivity index (χ1v) is 4.47. The van der Waals surface area contributed by atoms with Gasteiger partial charge in [-0.3, -0.25) is 0 Å². The predicted molar refractivity (Wildman–Crippen MR) is 54.8 cm³/mol. The Morgan fingerprint density at radius 2 is 1.93 bits per heavy atom. The van der Waals surface area contributed by atoms with Crippen LogP contribution in [-0.2, 0) is 4.74 Å². The summed E-state index contributed by atoms with van der Waals surface area (Å²) in [6.45, 7) is 0.884. The summed E-state index contributed by atoms with van der Waals surface area (Å²) in [7, 11) is 0. The van der Waals surface area contributed by atoms with E-state index in [-0.39, 0.29) is 5.97 Å². The maximum Gasteiger partial charge on any atom is 0.338 e. The Morgan fingerprint density at radius 3 is 2.50 bits per heavy atom. The second-order valence-electron chi connectivity index (χ2n) is 2.90. The zero-order valence-electron chi connectivity index (χ0n) is 7.90. The minimum Gasteiger partial charge on any atom is -0.462 e. The van der Waals surface area contributed by atoms with Crippen LogP contribution in [0.2, 0.25) is 0 Å². The van der Waals surface area contributed by atoms with Crippen molar-refractivity contribution in [2.24, 2.45) is 5.73 Å². The van der Waals surface area contributed by atoms with Crippen LogP contribution in [0.1, 0.15) is 16.8 Å². The Bertz CT molecular complexity index is 295. The highest BCUT2D eigenvalue weighted by molar-refractivity contribution is 5.89. The molecule has 0 radical (unpaired) electrons.